The zero-order valence-electron chi connectivity index (χ0n) is 19.2. The van der Waals surface area contributed by atoms with E-state index in [1.807, 2.05) is 24.3 Å². The van der Waals surface area contributed by atoms with Crippen LogP contribution in [0.3, 0.4) is 0 Å². The fourth-order valence-electron chi connectivity index (χ4n) is 4.20. The Morgan fingerprint density at radius 2 is 1.91 bits per heavy atom. The summed E-state index contributed by atoms with van der Waals surface area (Å²) in [5.74, 6) is 1.19. The fourth-order valence-corrected chi connectivity index (χ4v) is 4.20. The predicted molar refractivity (Wildman–Crippen MR) is 122 cm³/mol. The number of esters is 1. The summed E-state index contributed by atoms with van der Waals surface area (Å²) in [6.07, 6.45) is 3.09. The number of hydrogen-bond donors (Lipinski definition) is 0. The van der Waals surface area contributed by atoms with Crippen LogP contribution in [0.2, 0.25) is 0 Å². The zero-order valence-corrected chi connectivity index (χ0v) is 19.2. The fraction of sp³-hybridized carbons (Fsp3) is 0.500. The van der Waals surface area contributed by atoms with Crippen molar-refractivity contribution in [2.75, 3.05) is 58.0 Å². The van der Waals surface area contributed by atoms with E-state index in [-0.39, 0.29) is 17.8 Å². The van der Waals surface area contributed by atoms with E-state index >= 15 is 0 Å². The summed E-state index contributed by atoms with van der Waals surface area (Å²) in [6, 6.07) is 7.51. The maximum absolute atomic E-state index is 13.5. The number of anilines is 1. The van der Waals surface area contributed by atoms with E-state index in [1.165, 1.54) is 0 Å². The topological polar surface area (TPSA) is 94.1 Å². The summed E-state index contributed by atoms with van der Waals surface area (Å²) in [5.41, 5.74) is 1.28. The largest absolute Gasteiger partial charge is 0.497 e. The number of piperidine rings is 1. The molecule has 0 spiro atoms. The van der Waals surface area contributed by atoms with Crippen LogP contribution in [0.25, 0.3) is 11.4 Å². The van der Waals surface area contributed by atoms with E-state index < -0.39 is 0 Å². The van der Waals surface area contributed by atoms with Gasteiger partial charge in [-0.15, -0.1) is 0 Å². The van der Waals surface area contributed by atoms with E-state index in [2.05, 4.69) is 9.88 Å². The lowest BCUT2D eigenvalue weighted by molar-refractivity contribution is -0.149. The number of methoxy groups -OCH3 is 1. The number of morpholine rings is 1. The Balaban J connectivity index is 1.63. The van der Waals surface area contributed by atoms with Gasteiger partial charge in [-0.3, -0.25) is 9.59 Å². The van der Waals surface area contributed by atoms with Crippen molar-refractivity contribution in [1.29, 1.82) is 0 Å². The van der Waals surface area contributed by atoms with E-state index in [9.17, 15) is 9.59 Å². The molecule has 33 heavy (non-hydrogen) atoms. The van der Waals surface area contributed by atoms with Crippen LogP contribution in [0, 0.1) is 5.92 Å². The maximum atomic E-state index is 13.5. The van der Waals surface area contributed by atoms with Crippen molar-refractivity contribution in [1.82, 2.24) is 14.9 Å². The molecular formula is C24H30N4O5. The standard InChI is InChI=1S/C24H30N4O5/c1-3-33-24(30)18-5-4-10-28(16-18)23(29)20-15-25-21(17-6-8-19(31-2)9-7-17)26-22(20)27-11-13-32-14-12-27/h6-9,15,18H,3-5,10-14,16H2,1-2H3. The average Bonchev–Trinajstić information content (AvgIpc) is 2.88. The molecule has 2 fully saturated rings. The molecule has 1 amide bonds. The minimum Gasteiger partial charge on any atom is -0.497 e. The molecule has 1 unspecified atom stereocenters. The van der Waals surface area contributed by atoms with Crippen LogP contribution in [0.5, 0.6) is 5.75 Å². The van der Waals surface area contributed by atoms with Gasteiger partial charge in [0.2, 0.25) is 0 Å². The van der Waals surface area contributed by atoms with Gasteiger partial charge in [-0.2, -0.15) is 0 Å². The van der Waals surface area contributed by atoms with E-state index in [4.69, 9.17) is 19.2 Å². The molecule has 4 rings (SSSR count). The minimum atomic E-state index is -0.297. The molecule has 2 saturated heterocycles. The molecule has 9 heteroatoms. The number of hydrogen-bond acceptors (Lipinski definition) is 8. The van der Waals surface area contributed by atoms with Gasteiger partial charge in [0.15, 0.2) is 5.82 Å². The molecule has 176 valence electrons. The van der Waals surface area contributed by atoms with Crippen molar-refractivity contribution in [2.45, 2.75) is 19.8 Å². The normalized spacial score (nSPS) is 18.7. The smallest absolute Gasteiger partial charge is 0.310 e. The average molecular weight is 455 g/mol. The maximum Gasteiger partial charge on any atom is 0.310 e. The van der Waals surface area contributed by atoms with Crippen LogP contribution in [0.1, 0.15) is 30.1 Å². The first kappa shape index (κ1) is 23.0. The summed E-state index contributed by atoms with van der Waals surface area (Å²) in [5, 5.41) is 0. The highest BCUT2D eigenvalue weighted by molar-refractivity contribution is 5.99. The Bertz CT molecular complexity index is 975. The molecule has 1 aromatic heterocycles. The molecule has 1 aromatic carbocycles. The highest BCUT2D eigenvalue weighted by Crippen LogP contribution is 2.27. The van der Waals surface area contributed by atoms with Crippen LogP contribution in [0.4, 0.5) is 5.82 Å². The molecule has 1 atom stereocenters. The van der Waals surface area contributed by atoms with Crippen LogP contribution in [-0.2, 0) is 14.3 Å². The summed E-state index contributed by atoms with van der Waals surface area (Å²) < 4.78 is 15.9. The third-order valence-electron chi connectivity index (χ3n) is 5.99. The first-order valence-electron chi connectivity index (χ1n) is 11.4. The van der Waals surface area contributed by atoms with Gasteiger partial charge in [0.25, 0.3) is 5.91 Å². The predicted octanol–water partition coefficient (Wildman–Crippen LogP) is 2.40. The number of nitrogens with zero attached hydrogens (tertiary/aromatic N) is 4. The first-order chi connectivity index (χ1) is 16.1. The van der Waals surface area contributed by atoms with Crippen molar-refractivity contribution in [2.24, 2.45) is 5.92 Å². The Labute approximate surface area is 193 Å². The Morgan fingerprint density at radius 3 is 2.61 bits per heavy atom. The number of ether oxygens (including phenoxy) is 3. The number of likely N-dealkylation sites (tertiary alicyclic amines) is 1. The quantitative estimate of drug-likeness (QED) is 0.615. The molecule has 9 nitrogen and oxygen atoms in total. The number of benzene rings is 1. The number of carbonyl (C=O) groups excluding carboxylic acids is 2. The second-order valence-corrected chi connectivity index (χ2v) is 8.10. The molecule has 2 aromatic rings. The summed E-state index contributed by atoms with van der Waals surface area (Å²) in [4.78, 5) is 38.9. The number of rotatable bonds is 6. The monoisotopic (exact) mass is 454 g/mol. The lowest BCUT2D eigenvalue weighted by Gasteiger charge is -2.33. The van der Waals surface area contributed by atoms with Crippen molar-refractivity contribution < 1.29 is 23.8 Å². The lowest BCUT2D eigenvalue weighted by atomic mass is 9.97. The van der Waals surface area contributed by atoms with Crippen molar-refractivity contribution in [3.05, 3.63) is 36.0 Å². The van der Waals surface area contributed by atoms with Gasteiger partial charge in [0, 0.05) is 37.9 Å². The molecule has 0 N–H and O–H groups in total. The Kier molecular flexibility index (Phi) is 7.39. The molecule has 3 heterocycles. The Morgan fingerprint density at radius 1 is 1.15 bits per heavy atom. The molecule has 0 saturated carbocycles. The van der Waals surface area contributed by atoms with Crippen LogP contribution >= 0.6 is 0 Å². The van der Waals surface area contributed by atoms with E-state index in [0.717, 1.165) is 24.2 Å². The lowest BCUT2D eigenvalue weighted by Crippen LogP contribution is -2.44. The Hall–Kier alpha value is -3.20. The molecule has 0 aliphatic carbocycles. The number of carbonyl (C=O) groups is 2. The third kappa shape index (κ3) is 5.24. The summed E-state index contributed by atoms with van der Waals surface area (Å²) in [6.45, 7) is 5.51. The SMILES string of the molecule is CCOC(=O)C1CCCN(C(=O)c2cnc(-c3ccc(OC)cc3)nc2N2CCOCC2)C1. The van der Waals surface area contributed by atoms with Gasteiger partial charge in [-0.05, 0) is 44.0 Å². The second-order valence-electron chi connectivity index (χ2n) is 8.10. The van der Waals surface area contributed by atoms with Gasteiger partial charge < -0.3 is 24.0 Å². The summed E-state index contributed by atoms with van der Waals surface area (Å²) in [7, 11) is 1.62. The highest BCUT2D eigenvalue weighted by atomic mass is 16.5. The van der Waals surface area contributed by atoms with E-state index in [1.54, 1.807) is 25.1 Å². The van der Waals surface area contributed by atoms with Crippen molar-refractivity contribution >= 4 is 17.7 Å². The molecule has 0 radical (unpaired) electrons. The zero-order chi connectivity index (χ0) is 23.2. The summed E-state index contributed by atoms with van der Waals surface area (Å²) >= 11 is 0. The van der Waals surface area contributed by atoms with Crippen LogP contribution in [-0.4, -0.2) is 79.9 Å². The minimum absolute atomic E-state index is 0.160. The second kappa shape index (κ2) is 10.6. The van der Waals surface area contributed by atoms with Crippen molar-refractivity contribution in [3.8, 4) is 17.1 Å². The molecule has 0 bridgehead atoms. The van der Waals surface area contributed by atoms with Gasteiger partial charge in [-0.25, -0.2) is 9.97 Å². The number of amides is 1. The van der Waals surface area contributed by atoms with Crippen LogP contribution < -0.4 is 9.64 Å². The molecule has 2 aliphatic heterocycles. The van der Waals surface area contributed by atoms with Gasteiger partial charge in [0.05, 0.1) is 32.8 Å². The molecule has 2 aliphatic rings. The van der Waals surface area contributed by atoms with Crippen molar-refractivity contribution in [3.63, 3.8) is 0 Å². The first-order valence-corrected chi connectivity index (χ1v) is 11.4. The third-order valence-corrected chi connectivity index (χ3v) is 5.99. The van der Waals surface area contributed by atoms with Crippen LogP contribution in [0.15, 0.2) is 30.5 Å². The highest BCUT2D eigenvalue weighted by Gasteiger charge is 2.32. The van der Waals surface area contributed by atoms with Gasteiger partial charge in [0.1, 0.15) is 17.1 Å². The number of aromatic nitrogens is 2. The van der Waals surface area contributed by atoms with Gasteiger partial charge >= 0.3 is 5.97 Å². The van der Waals surface area contributed by atoms with Gasteiger partial charge in [-0.1, -0.05) is 0 Å². The molecular weight excluding hydrogens is 424 g/mol. The van der Waals surface area contributed by atoms with E-state index in [0.29, 0.717) is 63.2 Å².